The first-order chi connectivity index (χ1) is 20.2. The van der Waals surface area contributed by atoms with Gasteiger partial charge in [-0.15, -0.1) is 11.3 Å². The van der Waals surface area contributed by atoms with Crippen molar-refractivity contribution in [2.45, 2.75) is 58.4 Å². The van der Waals surface area contributed by atoms with Gasteiger partial charge in [-0.3, -0.25) is 14.4 Å². The Morgan fingerprint density at radius 2 is 1.83 bits per heavy atom. The number of anilines is 2. The SMILES string of the molecule is COc1cc2c(c(OC)c1OC)-c1ccc(NCCCCCC(=O)Nc3nc(C)cs3)c(=O)cc1[C@@H](NC(C)=O)CC2. The van der Waals surface area contributed by atoms with Gasteiger partial charge in [0.1, 0.15) is 0 Å². The number of nitrogens with one attached hydrogen (secondary N) is 3. The molecule has 0 spiro atoms. The van der Waals surface area contributed by atoms with Gasteiger partial charge in [0.05, 0.1) is 38.8 Å². The molecule has 4 rings (SSSR count). The van der Waals surface area contributed by atoms with E-state index in [4.69, 9.17) is 14.2 Å². The second-order valence-electron chi connectivity index (χ2n) is 10.2. The molecule has 10 nitrogen and oxygen atoms in total. The number of ether oxygens (including phenoxy) is 3. The zero-order valence-electron chi connectivity index (χ0n) is 24.7. The fourth-order valence-corrected chi connectivity index (χ4v) is 5.96. The summed E-state index contributed by atoms with van der Waals surface area (Å²) in [6.45, 7) is 3.95. The van der Waals surface area contributed by atoms with Crippen LogP contribution in [0.15, 0.2) is 34.4 Å². The molecule has 0 radical (unpaired) electrons. The highest BCUT2D eigenvalue weighted by atomic mass is 32.1. The summed E-state index contributed by atoms with van der Waals surface area (Å²) in [7, 11) is 4.71. The van der Waals surface area contributed by atoms with Crippen molar-refractivity contribution in [2.75, 3.05) is 38.5 Å². The number of aryl methyl sites for hydroxylation is 2. The van der Waals surface area contributed by atoms with E-state index in [2.05, 4.69) is 20.9 Å². The number of thiazole rings is 1. The number of carbonyl (C=O) groups excluding carboxylic acids is 2. The van der Waals surface area contributed by atoms with Crippen molar-refractivity contribution >= 4 is 34.0 Å². The number of rotatable bonds is 12. The summed E-state index contributed by atoms with van der Waals surface area (Å²) >= 11 is 1.42. The lowest BCUT2D eigenvalue weighted by Gasteiger charge is -2.19. The largest absolute Gasteiger partial charge is 0.493 e. The lowest BCUT2D eigenvalue weighted by atomic mass is 9.95. The van der Waals surface area contributed by atoms with Crippen LogP contribution in [0.4, 0.5) is 10.8 Å². The zero-order valence-corrected chi connectivity index (χ0v) is 25.5. The maximum absolute atomic E-state index is 13.4. The van der Waals surface area contributed by atoms with Crippen LogP contribution in [0.5, 0.6) is 17.2 Å². The maximum atomic E-state index is 13.4. The van der Waals surface area contributed by atoms with E-state index in [1.54, 1.807) is 33.5 Å². The molecule has 0 unspecified atom stereocenters. The zero-order chi connectivity index (χ0) is 30.2. The number of benzene rings is 1. The molecule has 1 atom stereocenters. The minimum absolute atomic E-state index is 0.0468. The molecule has 2 aromatic carbocycles. The number of unbranched alkanes of at least 4 members (excludes halogenated alkanes) is 2. The van der Waals surface area contributed by atoms with E-state index < -0.39 is 0 Å². The molecule has 2 amide bonds. The summed E-state index contributed by atoms with van der Waals surface area (Å²) in [6.07, 6.45) is 4.01. The molecule has 0 aliphatic heterocycles. The lowest BCUT2D eigenvalue weighted by molar-refractivity contribution is -0.119. The first-order valence-electron chi connectivity index (χ1n) is 14.0. The summed E-state index contributed by atoms with van der Waals surface area (Å²) in [4.78, 5) is 41.9. The fraction of sp³-hybridized carbons (Fsp3) is 0.419. The van der Waals surface area contributed by atoms with E-state index in [1.807, 2.05) is 24.4 Å². The second kappa shape index (κ2) is 14.2. The maximum Gasteiger partial charge on any atom is 0.226 e. The molecule has 42 heavy (non-hydrogen) atoms. The number of aromatic nitrogens is 1. The normalized spacial score (nSPS) is 13.7. The van der Waals surface area contributed by atoms with E-state index in [-0.39, 0.29) is 23.3 Å². The second-order valence-corrected chi connectivity index (χ2v) is 11.0. The van der Waals surface area contributed by atoms with Crippen LogP contribution >= 0.6 is 11.3 Å². The van der Waals surface area contributed by atoms with Crippen LogP contribution in [-0.2, 0) is 16.0 Å². The van der Waals surface area contributed by atoms with Crippen molar-refractivity contribution in [3.05, 3.63) is 56.7 Å². The van der Waals surface area contributed by atoms with Gasteiger partial charge in [0.15, 0.2) is 16.6 Å². The molecule has 11 heteroatoms. The molecule has 1 aliphatic carbocycles. The van der Waals surface area contributed by atoms with Gasteiger partial charge in [-0.2, -0.15) is 0 Å². The Hall–Kier alpha value is -4.12. The van der Waals surface area contributed by atoms with Gasteiger partial charge in [-0.05, 0) is 67.5 Å². The molecular formula is C31H38N4O6S. The minimum Gasteiger partial charge on any atom is -0.493 e. The number of amides is 2. The number of fused-ring (bicyclic) bond motifs is 3. The topological polar surface area (TPSA) is 128 Å². The predicted molar refractivity (Wildman–Crippen MR) is 165 cm³/mol. The minimum atomic E-state index is -0.362. The summed E-state index contributed by atoms with van der Waals surface area (Å²) in [5, 5.41) is 11.6. The summed E-state index contributed by atoms with van der Waals surface area (Å²) < 4.78 is 17.1. The highest BCUT2D eigenvalue weighted by Gasteiger charge is 2.29. The van der Waals surface area contributed by atoms with Crippen molar-refractivity contribution in [3.8, 4) is 28.4 Å². The van der Waals surface area contributed by atoms with Crippen molar-refractivity contribution in [3.63, 3.8) is 0 Å². The molecular weight excluding hydrogens is 556 g/mol. The molecule has 0 fully saturated rings. The van der Waals surface area contributed by atoms with Gasteiger partial charge < -0.3 is 30.2 Å². The third-order valence-corrected chi connectivity index (χ3v) is 8.05. The van der Waals surface area contributed by atoms with E-state index in [1.165, 1.54) is 18.3 Å². The first-order valence-corrected chi connectivity index (χ1v) is 14.9. The predicted octanol–water partition coefficient (Wildman–Crippen LogP) is 5.24. The summed E-state index contributed by atoms with van der Waals surface area (Å²) in [5.41, 5.74) is 4.46. The van der Waals surface area contributed by atoms with Crippen LogP contribution in [0, 0.1) is 6.92 Å². The van der Waals surface area contributed by atoms with Crippen molar-refractivity contribution in [1.82, 2.24) is 10.3 Å². The number of hydrogen-bond donors (Lipinski definition) is 3. The van der Waals surface area contributed by atoms with Gasteiger partial charge in [-0.1, -0.05) is 12.5 Å². The smallest absolute Gasteiger partial charge is 0.226 e. The molecule has 3 N–H and O–H groups in total. The van der Waals surface area contributed by atoms with Crippen LogP contribution in [0.1, 0.15) is 61.9 Å². The van der Waals surface area contributed by atoms with Crippen LogP contribution in [0.2, 0.25) is 0 Å². The summed E-state index contributed by atoms with van der Waals surface area (Å²) in [6, 6.07) is 6.85. The van der Waals surface area contributed by atoms with Gasteiger partial charge in [-0.25, -0.2) is 4.98 Å². The van der Waals surface area contributed by atoms with Crippen molar-refractivity contribution in [1.29, 1.82) is 0 Å². The Morgan fingerprint density at radius 1 is 1.05 bits per heavy atom. The highest BCUT2D eigenvalue weighted by molar-refractivity contribution is 7.13. The third-order valence-electron chi connectivity index (χ3n) is 7.18. The third kappa shape index (κ3) is 7.20. The van der Waals surface area contributed by atoms with Gasteiger partial charge in [0.25, 0.3) is 0 Å². The Bertz CT molecular complexity index is 1510. The molecule has 224 valence electrons. The van der Waals surface area contributed by atoms with Gasteiger partial charge in [0.2, 0.25) is 23.0 Å². The van der Waals surface area contributed by atoms with E-state index in [0.717, 1.165) is 41.6 Å². The monoisotopic (exact) mass is 594 g/mol. The average Bonchev–Trinajstić information content (AvgIpc) is 3.22. The molecule has 3 aromatic rings. The number of nitrogens with zero attached hydrogens (tertiary/aromatic N) is 1. The van der Waals surface area contributed by atoms with E-state index in [0.29, 0.717) is 59.4 Å². The van der Waals surface area contributed by atoms with Crippen LogP contribution in [-0.4, -0.2) is 44.7 Å². The number of hydrogen-bond acceptors (Lipinski definition) is 9. The Labute approximate surface area is 249 Å². The van der Waals surface area contributed by atoms with Crippen molar-refractivity contribution < 1.29 is 23.8 Å². The van der Waals surface area contributed by atoms with Crippen LogP contribution in [0.3, 0.4) is 0 Å². The van der Waals surface area contributed by atoms with Gasteiger partial charge in [0, 0.05) is 30.8 Å². The Kier molecular flexibility index (Phi) is 10.4. The number of methoxy groups -OCH3 is 3. The molecule has 1 aliphatic rings. The molecule has 1 heterocycles. The molecule has 0 bridgehead atoms. The van der Waals surface area contributed by atoms with Crippen LogP contribution < -0.4 is 35.6 Å². The fourth-order valence-electron chi connectivity index (χ4n) is 5.26. The first kappa shape index (κ1) is 30.8. The lowest BCUT2D eigenvalue weighted by Crippen LogP contribution is -2.26. The molecule has 0 saturated carbocycles. The van der Waals surface area contributed by atoms with E-state index in [9.17, 15) is 14.4 Å². The van der Waals surface area contributed by atoms with Gasteiger partial charge >= 0.3 is 0 Å². The Morgan fingerprint density at radius 3 is 2.50 bits per heavy atom. The standard InChI is InChI=1S/C31H38N4O6S/c1-18-17-42-31(33-18)35-27(38)9-7-6-8-14-32-24-13-11-21-22(16-25(24)37)23(34-19(2)36)12-10-20-15-26(39-3)29(40-4)30(41-5)28(20)21/h11,13,15-17,23H,6-10,12,14H2,1-5H3,(H,32,37)(H,34,36)(H,33,35,38)/t23-/m0/s1. The molecule has 0 saturated heterocycles. The van der Waals surface area contributed by atoms with Crippen LogP contribution in [0.25, 0.3) is 11.1 Å². The highest BCUT2D eigenvalue weighted by Crippen LogP contribution is 2.50. The number of carbonyl (C=O) groups is 2. The van der Waals surface area contributed by atoms with Crippen molar-refractivity contribution in [2.24, 2.45) is 0 Å². The average molecular weight is 595 g/mol. The quantitative estimate of drug-likeness (QED) is 0.243. The van der Waals surface area contributed by atoms with E-state index >= 15 is 0 Å². The summed E-state index contributed by atoms with van der Waals surface area (Å²) in [5.74, 6) is 1.31. The molecule has 1 aromatic heterocycles. The Balaban J connectivity index is 1.53.